The van der Waals surface area contributed by atoms with Gasteiger partial charge in [-0.15, -0.1) is 11.3 Å². The summed E-state index contributed by atoms with van der Waals surface area (Å²) in [4.78, 5) is 16.0. The highest BCUT2D eigenvalue weighted by Gasteiger charge is 2.32. The summed E-state index contributed by atoms with van der Waals surface area (Å²) in [5.41, 5.74) is 2.27. The van der Waals surface area contributed by atoms with Crippen molar-refractivity contribution in [3.05, 3.63) is 62.7 Å². The Bertz CT molecular complexity index is 718. The Kier molecular flexibility index (Phi) is 4.24. The smallest absolute Gasteiger partial charge is 0.266 e. The molecule has 0 N–H and O–H groups in total. The van der Waals surface area contributed by atoms with E-state index in [0.717, 1.165) is 10.4 Å². The zero-order chi connectivity index (χ0) is 14.8. The highest BCUT2D eigenvalue weighted by molar-refractivity contribution is 8.26. The molecule has 1 aliphatic heterocycles. The number of hydrogen-bond acceptors (Lipinski definition) is 4. The number of thiophene rings is 1. The van der Waals surface area contributed by atoms with Crippen LogP contribution in [0, 0.1) is 6.92 Å². The van der Waals surface area contributed by atoms with Crippen LogP contribution >= 0.6 is 35.3 Å². The molecule has 0 aliphatic carbocycles. The minimum Gasteiger partial charge on any atom is -0.288 e. The van der Waals surface area contributed by atoms with E-state index in [4.69, 9.17) is 12.2 Å². The third-order valence-corrected chi connectivity index (χ3v) is 5.56. The Morgan fingerprint density at radius 3 is 2.67 bits per heavy atom. The van der Waals surface area contributed by atoms with Gasteiger partial charge in [-0.1, -0.05) is 54.3 Å². The molecule has 2 heterocycles. The molecule has 2 aromatic rings. The molecule has 106 valence electrons. The van der Waals surface area contributed by atoms with Crippen LogP contribution in [-0.2, 0) is 11.3 Å². The lowest BCUT2D eigenvalue weighted by molar-refractivity contribution is -0.122. The molecule has 1 aliphatic rings. The fourth-order valence-electron chi connectivity index (χ4n) is 2.05. The van der Waals surface area contributed by atoms with Crippen molar-refractivity contribution in [2.45, 2.75) is 13.5 Å². The van der Waals surface area contributed by atoms with Crippen LogP contribution in [0.25, 0.3) is 6.08 Å². The monoisotopic (exact) mass is 331 g/mol. The van der Waals surface area contributed by atoms with Crippen LogP contribution in [0.15, 0.2) is 46.7 Å². The quantitative estimate of drug-likeness (QED) is 0.612. The molecule has 1 aromatic carbocycles. The predicted octanol–water partition coefficient (Wildman–Crippen LogP) is 4.46. The van der Waals surface area contributed by atoms with Crippen molar-refractivity contribution >= 4 is 51.6 Å². The summed E-state index contributed by atoms with van der Waals surface area (Å²) in [6, 6.07) is 12.0. The molecule has 0 unspecified atom stereocenters. The summed E-state index contributed by atoms with van der Waals surface area (Å²) in [6.07, 6.45) is 1.95. The molecule has 0 saturated carbocycles. The van der Waals surface area contributed by atoms with Gasteiger partial charge in [0.1, 0.15) is 4.32 Å². The summed E-state index contributed by atoms with van der Waals surface area (Å²) in [5, 5.41) is 2.03. The van der Waals surface area contributed by atoms with Crippen molar-refractivity contribution in [1.29, 1.82) is 0 Å². The molecule has 3 rings (SSSR count). The summed E-state index contributed by atoms with van der Waals surface area (Å²) >= 11 is 8.38. The van der Waals surface area contributed by atoms with Gasteiger partial charge in [-0.05, 0) is 35.6 Å². The van der Waals surface area contributed by atoms with Crippen LogP contribution in [0.4, 0.5) is 0 Å². The molecular weight excluding hydrogens is 318 g/mol. The Labute approximate surface area is 137 Å². The molecule has 1 aromatic heterocycles. The minimum absolute atomic E-state index is 0.00153. The van der Waals surface area contributed by atoms with Gasteiger partial charge in [-0.3, -0.25) is 9.69 Å². The van der Waals surface area contributed by atoms with E-state index in [1.54, 1.807) is 16.2 Å². The van der Waals surface area contributed by atoms with Crippen molar-refractivity contribution in [2.24, 2.45) is 0 Å². The summed E-state index contributed by atoms with van der Waals surface area (Å²) in [7, 11) is 0. The Hall–Kier alpha value is -1.43. The Morgan fingerprint density at radius 1 is 1.24 bits per heavy atom. The first-order valence-corrected chi connectivity index (χ1v) is 8.59. The van der Waals surface area contributed by atoms with E-state index in [2.05, 4.69) is 6.07 Å². The maximum Gasteiger partial charge on any atom is 0.266 e. The number of hydrogen-bond donors (Lipinski definition) is 0. The average Bonchev–Trinajstić information content (AvgIpc) is 2.99. The lowest BCUT2D eigenvalue weighted by Gasteiger charge is -2.14. The molecule has 0 radical (unpaired) electrons. The molecule has 21 heavy (non-hydrogen) atoms. The molecular formula is C16H13NOS3. The molecule has 1 saturated heterocycles. The molecule has 0 spiro atoms. The van der Waals surface area contributed by atoms with E-state index < -0.39 is 0 Å². The minimum atomic E-state index is 0.00153. The van der Waals surface area contributed by atoms with Crippen molar-refractivity contribution in [3.8, 4) is 0 Å². The summed E-state index contributed by atoms with van der Waals surface area (Å²) in [6.45, 7) is 2.58. The molecule has 1 amide bonds. The zero-order valence-electron chi connectivity index (χ0n) is 11.4. The normalized spacial score (nSPS) is 17.0. The van der Waals surface area contributed by atoms with Crippen molar-refractivity contribution in [2.75, 3.05) is 0 Å². The van der Waals surface area contributed by atoms with E-state index in [-0.39, 0.29) is 5.91 Å². The van der Waals surface area contributed by atoms with E-state index in [1.807, 2.05) is 48.7 Å². The van der Waals surface area contributed by atoms with E-state index in [9.17, 15) is 4.79 Å². The predicted molar refractivity (Wildman–Crippen MR) is 94.2 cm³/mol. The van der Waals surface area contributed by atoms with Gasteiger partial charge in [0.2, 0.25) is 0 Å². The zero-order valence-corrected chi connectivity index (χ0v) is 13.9. The second kappa shape index (κ2) is 6.13. The Balaban J connectivity index is 1.83. The highest BCUT2D eigenvalue weighted by Crippen LogP contribution is 2.34. The second-order valence-corrected chi connectivity index (χ2v) is 7.34. The third-order valence-electron chi connectivity index (χ3n) is 3.22. The number of aryl methyl sites for hydroxylation is 1. The summed E-state index contributed by atoms with van der Waals surface area (Å²) in [5.74, 6) is 0.00153. The first-order chi connectivity index (χ1) is 10.1. The molecule has 0 bridgehead atoms. The van der Waals surface area contributed by atoms with Gasteiger partial charge >= 0.3 is 0 Å². The number of carbonyl (C=O) groups excluding carboxylic acids is 1. The number of amides is 1. The third kappa shape index (κ3) is 3.10. The van der Waals surface area contributed by atoms with Gasteiger partial charge in [-0.2, -0.15) is 0 Å². The van der Waals surface area contributed by atoms with E-state index in [1.165, 1.54) is 17.3 Å². The fourth-order valence-corrected chi connectivity index (χ4v) is 4.22. The van der Waals surface area contributed by atoms with Crippen LogP contribution in [-0.4, -0.2) is 15.1 Å². The molecule has 2 nitrogen and oxygen atoms in total. The van der Waals surface area contributed by atoms with Crippen LogP contribution in [0.2, 0.25) is 0 Å². The first kappa shape index (κ1) is 14.5. The highest BCUT2D eigenvalue weighted by atomic mass is 32.2. The number of nitrogens with zero attached hydrogens (tertiary/aromatic N) is 1. The largest absolute Gasteiger partial charge is 0.288 e. The molecule has 0 atom stereocenters. The van der Waals surface area contributed by atoms with E-state index in [0.29, 0.717) is 15.8 Å². The average molecular weight is 331 g/mol. The van der Waals surface area contributed by atoms with Crippen LogP contribution in [0.5, 0.6) is 0 Å². The number of thiocarbonyl (C=S) groups is 1. The van der Waals surface area contributed by atoms with Crippen LogP contribution in [0.1, 0.15) is 16.0 Å². The van der Waals surface area contributed by atoms with Gasteiger partial charge in [0.05, 0.1) is 11.4 Å². The van der Waals surface area contributed by atoms with Gasteiger partial charge in [0.25, 0.3) is 5.91 Å². The van der Waals surface area contributed by atoms with Crippen LogP contribution < -0.4 is 0 Å². The van der Waals surface area contributed by atoms with Gasteiger partial charge in [0.15, 0.2) is 0 Å². The molecule has 1 fully saturated rings. The van der Waals surface area contributed by atoms with Crippen molar-refractivity contribution in [1.82, 2.24) is 4.90 Å². The molecule has 5 heteroatoms. The van der Waals surface area contributed by atoms with Gasteiger partial charge in [0, 0.05) is 4.88 Å². The van der Waals surface area contributed by atoms with Crippen molar-refractivity contribution in [3.63, 3.8) is 0 Å². The topological polar surface area (TPSA) is 20.3 Å². The maximum atomic E-state index is 12.5. The lowest BCUT2D eigenvalue weighted by atomic mass is 10.2. The number of benzene rings is 1. The van der Waals surface area contributed by atoms with Crippen molar-refractivity contribution < 1.29 is 4.79 Å². The standard InChI is InChI=1S/C16H13NOS3/c1-11-7-8-20-13(11)9-14-15(18)17(16(19)21-14)10-12-5-3-2-4-6-12/h2-9H,10H2,1H3. The number of thioether (sulfide) groups is 1. The lowest BCUT2D eigenvalue weighted by Crippen LogP contribution is -2.27. The second-order valence-electron chi connectivity index (χ2n) is 4.72. The Morgan fingerprint density at radius 2 is 2.00 bits per heavy atom. The van der Waals surface area contributed by atoms with Crippen LogP contribution in [0.3, 0.4) is 0 Å². The fraction of sp³-hybridized carbons (Fsp3) is 0.125. The number of rotatable bonds is 3. The summed E-state index contributed by atoms with van der Waals surface area (Å²) < 4.78 is 0.629. The SMILES string of the molecule is Cc1ccsc1C=C1SC(=S)N(Cc2ccccc2)C1=O. The van der Waals surface area contributed by atoms with Gasteiger partial charge in [-0.25, -0.2) is 0 Å². The van der Waals surface area contributed by atoms with Gasteiger partial charge < -0.3 is 0 Å². The number of carbonyl (C=O) groups is 1. The van der Waals surface area contributed by atoms with E-state index >= 15 is 0 Å². The maximum absolute atomic E-state index is 12.5. The first-order valence-electron chi connectivity index (χ1n) is 6.48.